The van der Waals surface area contributed by atoms with Crippen LogP contribution in [0.15, 0.2) is 15.7 Å². The van der Waals surface area contributed by atoms with Crippen molar-refractivity contribution in [3.8, 4) is 0 Å². The number of aliphatic hydroxyl groups is 1. The lowest BCUT2D eigenvalue weighted by Gasteiger charge is -2.30. The molecule has 1 aliphatic rings. The van der Waals surface area contributed by atoms with Crippen molar-refractivity contribution in [1.82, 2.24) is 5.32 Å². The van der Waals surface area contributed by atoms with E-state index in [1.54, 1.807) is 7.11 Å². The Bertz CT molecular complexity index is 356. The molecular weight excluding hydrogens is 254 g/mol. The van der Waals surface area contributed by atoms with Crippen LogP contribution in [0, 0.1) is 0 Å². The fourth-order valence-electron chi connectivity index (χ4n) is 2.15. The Morgan fingerprint density at radius 3 is 3.18 bits per heavy atom. The van der Waals surface area contributed by atoms with Gasteiger partial charge in [-0.1, -0.05) is 6.92 Å². The molecule has 2 rings (SSSR count). The average Bonchev–Trinajstić information content (AvgIpc) is 2.76. The highest BCUT2D eigenvalue weighted by atomic mass is 32.2. The summed E-state index contributed by atoms with van der Waals surface area (Å²) in [6.45, 7) is 2.92. The standard InChI is InChI=1S/C12H19NO2S2/c1-8-5-11(13-9(6-14)7-15-2)10-3-4-16-12(10)17-8/h3-4,8-9,11,13-14H,5-7H2,1-2H3/t8-,9?,11?/m0/s1. The third kappa shape index (κ3) is 3.23. The van der Waals surface area contributed by atoms with Gasteiger partial charge in [0.15, 0.2) is 0 Å². The van der Waals surface area contributed by atoms with Crippen LogP contribution in [-0.4, -0.2) is 36.7 Å². The number of thiophene rings is 1. The number of hydrogen-bond donors (Lipinski definition) is 2. The maximum Gasteiger partial charge on any atom is 0.0649 e. The molecule has 3 nitrogen and oxygen atoms in total. The van der Waals surface area contributed by atoms with Gasteiger partial charge in [-0.2, -0.15) is 0 Å². The summed E-state index contributed by atoms with van der Waals surface area (Å²) in [6, 6.07) is 2.56. The number of nitrogens with one attached hydrogen (secondary N) is 1. The van der Waals surface area contributed by atoms with Crippen molar-refractivity contribution in [3.05, 3.63) is 17.0 Å². The van der Waals surface area contributed by atoms with Gasteiger partial charge in [0.1, 0.15) is 0 Å². The first kappa shape index (κ1) is 13.4. The third-order valence-electron chi connectivity index (χ3n) is 2.93. The molecule has 2 N–H and O–H groups in total. The van der Waals surface area contributed by atoms with Crippen molar-refractivity contribution >= 4 is 23.1 Å². The van der Waals surface area contributed by atoms with Crippen LogP contribution in [-0.2, 0) is 4.74 Å². The summed E-state index contributed by atoms with van der Waals surface area (Å²) in [7, 11) is 1.67. The Balaban J connectivity index is 2.06. The molecule has 1 aromatic heterocycles. The first-order valence-electron chi connectivity index (χ1n) is 5.84. The molecule has 3 atom stereocenters. The van der Waals surface area contributed by atoms with E-state index in [1.165, 1.54) is 9.77 Å². The lowest BCUT2D eigenvalue weighted by molar-refractivity contribution is 0.121. The molecule has 0 saturated heterocycles. The van der Waals surface area contributed by atoms with Crippen molar-refractivity contribution in [2.24, 2.45) is 0 Å². The van der Waals surface area contributed by atoms with Gasteiger partial charge in [0.2, 0.25) is 0 Å². The monoisotopic (exact) mass is 273 g/mol. The van der Waals surface area contributed by atoms with Crippen molar-refractivity contribution in [1.29, 1.82) is 0 Å². The normalized spacial score (nSPS) is 25.6. The molecule has 0 radical (unpaired) electrons. The minimum atomic E-state index is 0.0213. The predicted molar refractivity (Wildman–Crippen MR) is 72.9 cm³/mol. The number of hydrogen-bond acceptors (Lipinski definition) is 5. The molecule has 0 aliphatic carbocycles. The molecule has 96 valence electrons. The maximum atomic E-state index is 9.31. The largest absolute Gasteiger partial charge is 0.395 e. The van der Waals surface area contributed by atoms with E-state index in [0.29, 0.717) is 17.9 Å². The second kappa shape index (κ2) is 6.20. The molecule has 1 aromatic rings. The Morgan fingerprint density at radius 1 is 1.65 bits per heavy atom. The first-order valence-corrected chi connectivity index (χ1v) is 7.60. The van der Waals surface area contributed by atoms with Crippen molar-refractivity contribution in [2.45, 2.75) is 34.9 Å². The predicted octanol–water partition coefficient (Wildman–Crippen LogP) is 2.27. The van der Waals surface area contributed by atoms with Gasteiger partial charge >= 0.3 is 0 Å². The number of aliphatic hydroxyl groups excluding tert-OH is 1. The fourth-order valence-corrected chi connectivity index (χ4v) is 4.71. The van der Waals surface area contributed by atoms with Crippen LogP contribution in [0.3, 0.4) is 0 Å². The molecule has 0 amide bonds. The zero-order chi connectivity index (χ0) is 12.3. The Hall–Kier alpha value is -0.0700. The second-order valence-corrected chi connectivity index (χ2v) is 7.00. The maximum absolute atomic E-state index is 9.31. The molecule has 0 spiro atoms. The number of fused-ring (bicyclic) bond motifs is 1. The van der Waals surface area contributed by atoms with Crippen molar-refractivity contribution in [2.75, 3.05) is 20.3 Å². The lowest BCUT2D eigenvalue weighted by atomic mass is 10.0. The summed E-state index contributed by atoms with van der Waals surface area (Å²) in [5, 5.41) is 15.6. The molecule has 17 heavy (non-hydrogen) atoms. The lowest BCUT2D eigenvalue weighted by Crippen LogP contribution is -2.40. The van der Waals surface area contributed by atoms with E-state index < -0.39 is 0 Å². The number of thioether (sulfide) groups is 1. The third-order valence-corrected chi connectivity index (χ3v) is 5.28. The van der Waals surface area contributed by atoms with Gasteiger partial charge in [-0.15, -0.1) is 23.1 Å². The molecule has 1 aliphatic heterocycles. The minimum Gasteiger partial charge on any atom is -0.395 e. The van der Waals surface area contributed by atoms with Crippen LogP contribution in [0.5, 0.6) is 0 Å². The fraction of sp³-hybridized carbons (Fsp3) is 0.667. The van der Waals surface area contributed by atoms with Gasteiger partial charge in [0.05, 0.1) is 23.5 Å². The average molecular weight is 273 g/mol. The van der Waals surface area contributed by atoms with Crippen LogP contribution in [0.1, 0.15) is 24.9 Å². The quantitative estimate of drug-likeness (QED) is 0.863. The van der Waals surface area contributed by atoms with E-state index in [-0.39, 0.29) is 12.6 Å². The van der Waals surface area contributed by atoms with Crippen LogP contribution in [0.2, 0.25) is 0 Å². The molecule has 2 unspecified atom stereocenters. The van der Waals surface area contributed by atoms with E-state index in [2.05, 4.69) is 23.7 Å². The summed E-state index contributed by atoms with van der Waals surface area (Å²) in [6.07, 6.45) is 1.11. The van der Waals surface area contributed by atoms with E-state index in [1.807, 2.05) is 23.1 Å². The smallest absolute Gasteiger partial charge is 0.0649 e. The molecule has 0 fully saturated rings. The summed E-state index contributed by atoms with van der Waals surface area (Å²) < 4.78 is 6.52. The van der Waals surface area contributed by atoms with Gasteiger partial charge in [0.25, 0.3) is 0 Å². The SMILES string of the molecule is COCC(CO)NC1C[C@H](C)Sc2sccc21. The zero-order valence-corrected chi connectivity index (χ0v) is 11.8. The molecule has 0 bridgehead atoms. The highest BCUT2D eigenvalue weighted by Crippen LogP contribution is 2.43. The zero-order valence-electron chi connectivity index (χ0n) is 10.2. The van der Waals surface area contributed by atoms with Crippen molar-refractivity contribution < 1.29 is 9.84 Å². The highest BCUT2D eigenvalue weighted by molar-refractivity contribution is 8.01. The Kier molecular flexibility index (Phi) is 4.87. The number of methoxy groups -OCH3 is 1. The van der Waals surface area contributed by atoms with Crippen LogP contribution in [0.4, 0.5) is 0 Å². The molecular formula is C12H19NO2S2. The van der Waals surface area contributed by atoms with Crippen molar-refractivity contribution in [3.63, 3.8) is 0 Å². The van der Waals surface area contributed by atoms with Gasteiger partial charge in [-0.3, -0.25) is 0 Å². The molecule has 2 heterocycles. The highest BCUT2D eigenvalue weighted by Gasteiger charge is 2.27. The summed E-state index contributed by atoms with van der Waals surface area (Å²) in [5.74, 6) is 0. The Morgan fingerprint density at radius 2 is 2.47 bits per heavy atom. The summed E-state index contributed by atoms with van der Waals surface area (Å²) >= 11 is 3.77. The van der Waals surface area contributed by atoms with Gasteiger partial charge < -0.3 is 15.2 Å². The van der Waals surface area contributed by atoms with E-state index in [9.17, 15) is 5.11 Å². The first-order chi connectivity index (χ1) is 8.24. The van der Waals surface area contributed by atoms with Crippen LogP contribution >= 0.6 is 23.1 Å². The molecule has 5 heteroatoms. The summed E-state index contributed by atoms with van der Waals surface area (Å²) in [4.78, 5) is 0. The van der Waals surface area contributed by atoms with Crippen LogP contribution in [0.25, 0.3) is 0 Å². The molecule has 0 aromatic carbocycles. The van der Waals surface area contributed by atoms with Gasteiger partial charge in [-0.25, -0.2) is 0 Å². The van der Waals surface area contributed by atoms with Crippen LogP contribution < -0.4 is 5.32 Å². The second-order valence-electron chi connectivity index (χ2n) is 4.38. The summed E-state index contributed by atoms with van der Waals surface area (Å²) in [5.41, 5.74) is 1.38. The Labute approximate surface area is 111 Å². The topological polar surface area (TPSA) is 41.5 Å². The minimum absolute atomic E-state index is 0.0213. The van der Waals surface area contributed by atoms with E-state index in [0.717, 1.165) is 6.42 Å². The number of rotatable bonds is 5. The van der Waals surface area contributed by atoms with E-state index >= 15 is 0 Å². The van der Waals surface area contributed by atoms with E-state index in [4.69, 9.17) is 4.74 Å². The molecule has 0 saturated carbocycles. The number of ether oxygens (including phenoxy) is 1. The van der Waals surface area contributed by atoms with Gasteiger partial charge in [0, 0.05) is 18.4 Å². The van der Waals surface area contributed by atoms with Gasteiger partial charge in [-0.05, 0) is 23.4 Å².